The molecule has 0 bridgehead atoms. The first-order valence-corrected chi connectivity index (χ1v) is 6.07. The molecule has 0 radical (unpaired) electrons. The van der Waals surface area contributed by atoms with Crippen molar-refractivity contribution in [2.45, 2.75) is 19.4 Å². The lowest BCUT2D eigenvalue weighted by molar-refractivity contribution is 0.297. The predicted octanol–water partition coefficient (Wildman–Crippen LogP) is 2.86. The van der Waals surface area contributed by atoms with Crippen molar-refractivity contribution in [1.29, 1.82) is 0 Å². The number of benzene rings is 1. The Morgan fingerprint density at radius 3 is 2.88 bits per heavy atom. The molecule has 2 rings (SSSR count). The van der Waals surface area contributed by atoms with Crippen molar-refractivity contribution in [2.75, 3.05) is 13.2 Å². The first kappa shape index (κ1) is 12.3. The Morgan fingerprint density at radius 1 is 1.35 bits per heavy atom. The number of rotatable bonds is 2. The maximum atomic E-state index is 6.17. The van der Waals surface area contributed by atoms with Gasteiger partial charge in [0.15, 0.2) is 11.5 Å². The minimum Gasteiger partial charge on any atom is -0.489 e. The average Bonchev–Trinajstić information content (AvgIpc) is 2.51. The summed E-state index contributed by atoms with van der Waals surface area (Å²) < 4.78 is 11.2. The molecule has 1 unspecified atom stereocenters. The van der Waals surface area contributed by atoms with E-state index in [9.17, 15) is 0 Å². The van der Waals surface area contributed by atoms with Gasteiger partial charge in [-0.05, 0) is 24.6 Å². The van der Waals surface area contributed by atoms with Crippen LogP contribution in [0.4, 0.5) is 0 Å². The van der Waals surface area contributed by atoms with E-state index in [0.717, 1.165) is 12.0 Å². The zero-order valence-corrected chi connectivity index (χ0v) is 10.5. The monoisotopic (exact) mass is 253 g/mol. The second-order valence-electron chi connectivity index (χ2n) is 4.10. The summed E-state index contributed by atoms with van der Waals surface area (Å²) in [4.78, 5) is 0. The molecule has 0 saturated heterocycles. The summed E-state index contributed by atoms with van der Waals surface area (Å²) in [5, 5.41) is 0.578. The van der Waals surface area contributed by atoms with Gasteiger partial charge in [0.25, 0.3) is 0 Å². The van der Waals surface area contributed by atoms with Crippen LogP contribution in [0.15, 0.2) is 18.2 Å². The quantitative estimate of drug-likeness (QED) is 0.882. The van der Waals surface area contributed by atoms with Gasteiger partial charge in [0.1, 0.15) is 0 Å². The minimum atomic E-state index is 0.0183. The van der Waals surface area contributed by atoms with Gasteiger partial charge in [-0.25, -0.2) is 0 Å². The second-order valence-corrected chi connectivity index (χ2v) is 4.51. The van der Waals surface area contributed by atoms with Crippen LogP contribution in [0.2, 0.25) is 5.02 Å². The van der Waals surface area contributed by atoms with E-state index in [4.69, 9.17) is 26.8 Å². The first-order chi connectivity index (χ1) is 8.16. The molecule has 1 heterocycles. The molecule has 0 aromatic heterocycles. The molecule has 1 aliphatic rings. The Morgan fingerprint density at radius 2 is 2.12 bits per heavy atom. The number of hydrogen-bond acceptors (Lipinski definition) is 3. The molecular formula is C13H16ClNO2. The molecule has 0 fully saturated rings. The zero-order chi connectivity index (χ0) is 12.3. The second kappa shape index (κ2) is 5.43. The fraction of sp³-hybridized carbons (Fsp3) is 0.385. The molecular weight excluding hydrogens is 238 g/mol. The maximum absolute atomic E-state index is 6.17. The Bertz CT molecular complexity index is 430. The molecule has 92 valence electrons. The van der Waals surface area contributed by atoms with Crippen molar-refractivity contribution < 1.29 is 9.47 Å². The van der Waals surface area contributed by atoms with Gasteiger partial charge in [0.05, 0.1) is 18.2 Å². The SMILES string of the molecule is CC(N)/C=C/c1cc(Cl)c2c(c1)OCCCO2. The molecule has 1 aromatic carbocycles. The van der Waals surface area contributed by atoms with Crippen LogP contribution in [0.5, 0.6) is 11.5 Å². The van der Waals surface area contributed by atoms with Gasteiger partial charge in [-0.1, -0.05) is 23.8 Å². The van der Waals surface area contributed by atoms with Gasteiger partial charge in [-0.3, -0.25) is 0 Å². The summed E-state index contributed by atoms with van der Waals surface area (Å²) in [5.74, 6) is 1.35. The lowest BCUT2D eigenvalue weighted by atomic mass is 10.1. The summed E-state index contributed by atoms with van der Waals surface area (Å²) in [7, 11) is 0. The Hall–Kier alpha value is -1.19. The zero-order valence-electron chi connectivity index (χ0n) is 9.78. The van der Waals surface area contributed by atoms with Gasteiger partial charge in [0.2, 0.25) is 0 Å². The fourth-order valence-corrected chi connectivity index (χ4v) is 1.88. The van der Waals surface area contributed by atoms with Crippen LogP contribution in [0.1, 0.15) is 18.9 Å². The third kappa shape index (κ3) is 3.14. The topological polar surface area (TPSA) is 44.5 Å². The van der Waals surface area contributed by atoms with Crippen LogP contribution in [0, 0.1) is 0 Å². The highest BCUT2D eigenvalue weighted by Gasteiger charge is 2.14. The van der Waals surface area contributed by atoms with E-state index in [1.807, 2.05) is 31.2 Å². The lowest BCUT2D eigenvalue weighted by Crippen LogP contribution is -2.09. The molecule has 3 nitrogen and oxygen atoms in total. The Labute approximate surface area is 106 Å². The highest BCUT2D eigenvalue weighted by Crippen LogP contribution is 2.38. The first-order valence-electron chi connectivity index (χ1n) is 5.70. The van der Waals surface area contributed by atoms with Crippen molar-refractivity contribution in [3.8, 4) is 11.5 Å². The molecule has 0 aliphatic carbocycles. The number of halogens is 1. The highest BCUT2D eigenvalue weighted by atomic mass is 35.5. The number of nitrogens with two attached hydrogens (primary N) is 1. The van der Waals surface area contributed by atoms with Crippen molar-refractivity contribution in [2.24, 2.45) is 5.73 Å². The third-order valence-corrected chi connectivity index (χ3v) is 2.70. The Kier molecular flexibility index (Phi) is 3.92. The molecule has 0 saturated carbocycles. The average molecular weight is 254 g/mol. The minimum absolute atomic E-state index is 0.0183. The van der Waals surface area contributed by atoms with Gasteiger partial charge in [-0.2, -0.15) is 0 Å². The normalized spacial score (nSPS) is 16.9. The van der Waals surface area contributed by atoms with E-state index in [2.05, 4.69) is 0 Å². The van der Waals surface area contributed by atoms with Crippen LogP contribution >= 0.6 is 11.6 Å². The van der Waals surface area contributed by atoms with Gasteiger partial charge in [-0.15, -0.1) is 0 Å². The van der Waals surface area contributed by atoms with Gasteiger partial charge >= 0.3 is 0 Å². The molecule has 1 aromatic rings. The van der Waals surface area contributed by atoms with Crippen molar-refractivity contribution in [3.05, 3.63) is 28.8 Å². The van der Waals surface area contributed by atoms with Crippen molar-refractivity contribution in [1.82, 2.24) is 0 Å². The highest BCUT2D eigenvalue weighted by molar-refractivity contribution is 6.32. The molecule has 0 spiro atoms. The van der Waals surface area contributed by atoms with E-state index < -0.39 is 0 Å². The van der Waals surface area contributed by atoms with E-state index >= 15 is 0 Å². The van der Waals surface area contributed by atoms with Crippen molar-refractivity contribution >= 4 is 17.7 Å². The molecule has 1 atom stereocenters. The molecule has 17 heavy (non-hydrogen) atoms. The summed E-state index contributed by atoms with van der Waals surface area (Å²) in [6.07, 6.45) is 4.72. The van der Waals surface area contributed by atoms with E-state index in [0.29, 0.717) is 29.7 Å². The summed E-state index contributed by atoms with van der Waals surface area (Å²) in [5.41, 5.74) is 6.63. The number of fused-ring (bicyclic) bond motifs is 1. The standard InChI is InChI=1S/C13H16ClNO2/c1-9(15)3-4-10-7-11(14)13-12(8-10)16-5-2-6-17-13/h3-4,7-9H,2,5-6,15H2,1H3/b4-3+. The maximum Gasteiger partial charge on any atom is 0.179 e. The van der Waals surface area contributed by atoms with Crippen LogP contribution < -0.4 is 15.2 Å². The van der Waals surface area contributed by atoms with E-state index in [-0.39, 0.29) is 6.04 Å². The van der Waals surface area contributed by atoms with Gasteiger partial charge in [0, 0.05) is 12.5 Å². The molecule has 2 N–H and O–H groups in total. The third-order valence-electron chi connectivity index (χ3n) is 2.42. The number of hydrogen-bond donors (Lipinski definition) is 1. The van der Waals surface area contributed by atoms with Crippen LogP contribution in [-0.4, -0.2) is 19.3 Å². The molecule has 4 heteroatoms. The Balaban J connectivity index is 2.32. The summed E-state index contributed by atoms with van der Waals surface area (Å²) in [6.45, 7) is 3.21. The largest absolute Gasteiger partial charge is 0.489 e. The summed E-state index contributed by atoms with van der Waals surface area (Å²) in [6, 6.07) is 3.80. The molecule has 1 aliphatic heterocycles. The van der Waals surface area contributed by atoms with E-state index in [1.54, 1.807) is 0 Å². The fourth-order valence-electron chi connectivity index (χ4n) is 1.61. The molecule has 0 amide bonds. The number of ether oxygens (including phenoxy) is 2. The smallest absolute Gasteiger partial charge is 0.179 e. The predicted molar refractivity (Wildman–Crippen MR) is 69.7 cm³/mol. The van der Waals surface area contributed by atoms with Crippen LogP contribution in [0.25, 0.3) is 6.08 Å². The van der Waals surface area contributed by atoms with E-state index in [1.165, 1.54) is 0 Å². The summed E-state index contributed by atoms with van der Waals surface area (Å²) >= 11 is 6.17. The van der Waals surface area contributed by atoms with Crippen LogP contribution in [-0.2, 0) is 0 Å². The lowest BCUT2D eigenvalue weighted by Gasteiger charge is -2.10. The van der Waals surface area contributed by atoms with Crippen molar-refractivity contribution in [3.63, 3.8) is 0 Å². The van der Waals surface area contributed by atoms with Crippen LogP contribution in [0.3, 0.4) is 0 Å². The van der Waals surface area contributed by atoms with Gasteiger partial charge < -0.3 is 15.2 Å².